The van der Waals surface area contributed by atoms with Crippen LogP contribution in [0.3, 0.4) is 0 Å². The molecule has 1 rings (SSSR count). The molecule has 16 heavy (non-hydrogen) atoms. The first-order valence-electron chi connectivity index (χ1n) is 5.32. The van der Waals surface area contributed by atoms with Crippen molar-refractivity contribution in [1.29, 1.82) is 0 Å². The summed E-state index contributed by atoms with van der Waals surface area (Å²) in [5.41, 5.74) is 3.06. The smallest absolute Gasteiger partial charge is 0.284 e. The fourth-order valence-electron chi connectivity index (χ4n) is 1.17. The van der Waals surface area contributed by atoms with E-state index in [4.69, 9.17) is 0 Å². The predicted molar refractivity (Wildman–Crippen MR) is 64.2 cm³/mol. The number of carbonyl (C=O) groups excluding carboxylic acids is 1. The first kappa shape index (κ1) is 12.4. The van der Waals surface area contributed by atoms with Gasteiger partial charge in [0, 0.05) is 20.6 Å². The zero-order valence-corrected chi connectivity index (χ0v) is 9.95. The van der Waals surface area contributed by atoms with Gasteiger partial charge in [0.25, 0.3) is 5.91 Å². The zero-order valence-electron chi connectivity index (χ0n) is 9.95. The van der Waals surface area contributed by atoms with Crippen molar-refractivity contribution in [1.82, 2.24) is 15.4 Å². The van der Waals surface area contributed by atoms with Crippen molar-refractivity contribution in [3.8, 4) is 0 Å². The number of nitrogens with zero attached hydrogens (tertiary/aromatic N) is 2. The van der Waals surface area contributed by atoms with Crippen LogP contribution < -0.4 is 10.7 Å². The number of rotatable bonds is 5. The van der Waals surface area contributed by atoms with Gasteiger partial charge in [-0.15, -0.1) is 0 Å². The molecule has 88 valence electrons. The van der Waals surface area contributed by atoms with Crippen molar-refractivity contribution < 1.29 is 4.79 Å². The molecular weight excluding hydrogens is 204 g/mol. The lowest BCUT2D eigenvalue weighted by molar-refractivity contribution is 0.0851. The molecule has 0 aromatic carbocycles. The second-order valence-electron chi connectivity index (χ2n) is 3.67. The number of hydrazine groups is 1. The average molecular weight is 222 g/mol. The summed E-state index contributed by atoms with van der Waals surface area (Å²) in [6.07, 6.45) is 1.02. The summed E-state index contributed by atoms with van der Waals surface area (Å²) >= 11 is 0. The first-order valence-corrected chi connectivity index (χ1v) is 5.32. The third-order valence-corrected chi connectivity index (χ3v) is 1.86. The Hall–Kier alpha value is -1.62. The van der Waals surface area contributed by atoms with E-state index in [-0.39, 0.29) is 5.91 Å². The minimum Gasteiger partial charge on any atom is -0.370 e. The van der Waals surface area contributed by atoms with Crippen LogP contribution in [0.5, 0.6) is 0 Å². The third kappa shape index (κ3) is 3.86. The van der Waals surface area contributed by atoms with E-state index in [0.29, 0.717) is 5.69 Å². The Kier molecular flexibility index (Phi) is 4.72. The zero-order chi connectivity index (χ0) is 12.0. The lowest BCUT2D eigenvalue weighted by Gasteiger charge is -2.11. The van der Waals surface area contributed by atoms with Crippen LogP contribution in [0.2, 0.25) is 0 Å². The van der Waals surface area contributed by atoms with Crippen molar-refractivity contribution in [2.75, 3.05) is 26.0 Å². The molecule has 5 nitrogen and oxygen atoms in total. The Labute approximate surface area is 95.8 Å². The molecule has 5 heteroatoms. The second kappa shape index (κ2) is 6.07. The minimum absolute atomic E-state index is 0.204. The highest BCUT2D eigenvalue weighted by atomic mass is 16.2. The Morgan fingerprint density at radius 1 is 1.44 bits per heavy atom. The van der Waals surface area contributed by atoms with Crippen LogP contribution in [0.1, 0.15) is 23.8 Å². The van der Waals surface area contributed by atoms with E-state index < -0.39 is 0 Å². The van der Waals surface area contributed by atoms with Crippen LogP contribution in [0.15, 0.2) is 18.2 Å². The quantitative estimate of drug-likeness (QED) is 0.733. The van der Waals surface area contributed by atoms with Gasteiger partial charge in [0.15, 0.2) is 0 Å². The summed E-state index contributed by atoms with van der Waals surface area (Å²) in [7, 11) is 3.52. The van der Waals surface area contributed by atoms with Crippen LogP contribution in [0, 0.1) is 0 Å². The topological polar surface area (TPSA) is 57.3 Å². The van der Waals surface area contributed by atoms with Crippen LogP contribution >= 0.6 is 0 Å². The Balaban J connectivity index is 2.69. The third-order valence-electron chi connectivity index (χ3n) is 1.86. The maximum absolute atomic E-state index is 11.6. The van der Waals surface area contributed by atoms with Gasteiger partial charge in [0.05, 0.1) is 0 Å². The SMILES string of the molecule is CCCNc1cccc(C(=O)NN(C)C)n1. The molecule has 0 aliphatic heterocycles. The van der Waals surface area contributed by atoms with Gasteiger partial charge in [-0.2, -0.15) is 0 Å². The normalized spacial score (nSPS) is 10.2. The highest BCUT2D eigenvalue weighted by Gasteiger charge is 2.07. The van der Waals surface area contributed by atoms with Gasteiger partial charge in [-0.1, -0.05) is 13.0 Å². The van der Waals surface area contributed by atoms with Gasteiger partial charge in [-0.25, -0.2) is 9.99 Å². The summed E-state index contributed by atoms with van der Waals surface area (Å²) in [5.74, 6) is 0.526. The van der Waals surface area contributed by atoms with Gasteiger partial charge < -0.3 is 5.32 Å². The number of anilines is 1. The van der Waals surface area contributed by atoms with E-state index in [1.54, 1.807) is 25.2 Å². The maximum atomic E-state index is 11.6. The summed E-state index contributed by atoms with van der Waals surface area (Å²) < 4.78 is 0. The summed E-state index contributed by atoms with van der Waals surface area (Å²) in [5, 5.41) is 4.73. The van der Waals surface area contributed by atoms with Gasteiger partial charge >= 0.3 is 0 Å². The largest absolute Gasteiger partial charge is 0.370 e. The van der Waals surface area contributed by atoms with E-state index in [0.717, 1.165) is 18.8 Å². The second-order valence-corrected chi connectivity index (χ2v) is 3.67. The van der Waals surface area contributed by atoms with E-state index in [9.17, 15) is 4.79 Å². The maximum Gasteiger partial charge on any atom is 0.284 e. The standard InChI is InChI=1S/C11H18N4O/c1-4-8-12-10-7-5-6-9(13-10)11(16)14-15(2)3/h5-7H,4,8H2,1-3H3,(H,12,13)(H,14,16). The van der Waals surface area contributed by atoms with E-state index in [1.807, 2.05) is 12.1 Å². The van der Waals surface area contributed by atoms with Gasteiger partial charge in [0.2, 0.25) is 0 Å². The molecule has 1 heterocycles. The molecular formula is C11H18N4O. The molecule has 1 aromatic heterocycles. The fraction of sp³-hybridized carbons (Fsp3) is 0.455. The summed E-state index contributed by atoms with van der Waals surface area (Å²) in [4.78, 5) is 15.9. The van der Waals surface area contributed by atoms with Crippen molar-refractivity contribution in [3.05, 3.63) is 23.9 Å². The number of carbonyl (C=O) groups is 1. The molecule has 0 unspecified atom stereocenters. The molecule has 0 atom stereocenters. The average Bonchev–Trinajstić information content (AvgIpc) is 2.26. The number of hydrogen-bond acceptors (Lipinski definition) is 4. The number of nitrogens with one attached hydrogen (secondary N) is 2. The fourth-order valence-corrected chi connectivity index (χ4v) is 1.17. The van der Waals surface area contributed by atoms with Crippen molar-refractivity contribution >= 4 is 11.7 Å². The summed E-state index contributed by atoms with van der Waals surface area (Å²) in [6, 6.07) is 5.35. The lowest BCUT2D eigenvalue weighted by atomic mass is 10.3. The Morgan fingerprint density at radius 3 is 2.81 bits per heavy atom. The lowest BCUT2D eigenvalue weighted by Crippen LogP contribution is -2.36. The molecule has 0 aliphatic rings. The van der Waals surface area contributed by atoms with Gasteiger partial charge in [0.1, 0.15) is 11.5 Å². The molecule has 1 aromatic rings. The monoisotopic (exact) mass is 222 g/mol. The van der Waals surface area contributed by atoms with Gasteiger partial charge in [-0.3, -0.25) is 10.2 Å². The molecule has 0 radical (unpaired) electrons. The number of amides is 1. The van der Waals surface area contributed by atoms with Gasteiger partial charge in [-0.05, 0) is 18.6 Å². The van der Waals surface area contributed by atoms with Crippen molar-refractivity contribution in [2.24, 2.45) is 0 Å². The molecule has 0 aliphatic carbocycles. The molecule has 2 N–H and O–H groups in total. The van der Waals surface area contributed by atoms with E-state index >= 15 is 0 Å². The summed E-state index contributed by atoms with van der Waals surface area (Å²) in [6.45, 7) is 2.93. The first-order chi connectivity index (χ1) is 7.63. The van der Waals surface area contributed by atoms with Crippen molar-refractivity contribution in [2.45, 2.75) is 13.3 Å². The van der Waals surface area contributed by atoms with Crippen molar-refractivity contribution in [3.63, 3.8) is 0 Å². The minimum atomic E-state index is -0.204. The number of hydrogen-bond donors (Lipinski definition) is 2. The highest BCUT2D eigenvalue weighted by Crippen LogP contribution is 2.04. The molecule has 0 spiro atoms. The van der Waals surface area contributed by atoms with Crippen LogP contribution in [0.4, 0.5) is 5.82 Å². The predicted octanol–water partition coefficient (Wildman–Crippen LogP) is 1.11. The van der Waals surface area contributed by atoms with Crippen LogP contribution in [-0.4, -0.2) is 36.5 Å². The Bertz CT molecular complexity index is 352. The molecule has 0 bridgehead atoms. The van der Waals surface area contributed by atoms with Crippen LogP contribution in [0.25, 0.3) is 0 Å². The molecule has 0 saturated heterocycles. The molecule has 1 amide bonds. The molecule has 0 saturated carbocycles. The number of aromatic nitrogens is 1. The van der Waals surface area contributed by atoms with Crippen LogP contribution in [-0.2, 0) is 0 Å². The van der Waals surface area contributed by atoms with E-state index in [1.165, 1.54) is 0 Å². The number of pyridine rings is 1. The molecule has 0 fully saturated rings. The van der Waals surface area contributed by atoms with E-state index in [2.05, 4.69) is 22.7 Å². The highest BCUT2D eigenvalue weighted by molar-refractivity contribution is 5.92. The Morgan fingerprint density at radius 2 is 2.19 bits per heavy atom.